The molecular weight excluding hydrogens is 242 g/mol. The molecule has 4 nitrogen and oxygen atoms in total. The van der Waals surface area contributed by atoms with Crippen LogP contribution < -0.4 is 14.8 Å². The van der Waals surface area contributed by atoms with Crippen LogP contribution in [-0.2, 0) is 0 Å². The Morgan fingerprint density at radius 3 is 2.32 bits per heavy atom. The van der Waals surface area contributed by atoms with Crippen LogP contribution in [0.5, 0.6) is 11.5 Å². The minimum Gasteiger partial charge on any atom is -0.497 e. The van der Waals surface area contributed by atoms with Crippen molar-refractivity contribution in [1.82, 2.24) is 5.32 Å². The second kappa shape index (κ2) is 8.02. The van der Waals surface area contributed by atoms with Crippen molar-refractivity contribution >= 4 is 0 Å². The van der Waals surface area contributed by atoms with Gasteiger partial charge >= 0.3 is 0 Å². The predicted molar refractivity (Wildman–Crippen MR) is 76.9 cm³/mol. The Morgan fingerprint density at radius 1 is 1.21 bits per heavy atom. The van der Waals surface area contributed by atoms with E-state index in [0.717, 1.165) is 30.8 Å². The van der Waals surface area contributed by atoms with E-state index in [-0.39, 0.29) is 12.1 Å². The number of aliphatic hydroxyl groups is 1. The minimum atomic E-state index is -0.177. The van der Waals surface area contributed by atoms with Crippen LogP contribution in [-0.4, -0.2) is 38.0 Å². The van der Waals surface area contributed by atoms with E-state index < -0.39 is 0 Å². The van der Waals surface area contributed by atoms with Crippen LogP contribution in [0.25, 0.3) is 0 Å². The Balaban J connectivity index is 2.33. The first-order valence-electron chi connectivity index (χ1n) is 6.76. The highest BCUT2D eigenvalue weighted by Crippen LogP contribution is 2.19. The molecule has 0 heterocycles. The Labute approximate surface area is 115 Å². The summed E-state index contributed by atoms with van der Waals surface area (Å²) >= 11 is 0. The van der Waals surface area contributed by atoms with Crippen molar-refractivity contribution in [2.24, 2.45) is 0 Å². The second-order valence-corrected chi connectivity index (χ2v) is 4.67. The molecule has 0 bridgehead atoms. The van der Waals surface area contributed by atoms with Gasteiger partial charge in [0.15, 0.2) is 0 Å². The number of nitrogens with one attached hydrogen (secondary N) is 1. The van der Waals surface area contributed by atoms with Gasteiger partial charge in [-0.2, -0.15) is 0 Å². The average Bonchev–Trinajstić information content (AvgIpc) is 2.49. The fourth-order valence-corrected chi connectivity index (χ4v) is 2.02. The molecule has 0 saturated carbocycles. The minimum absolute atomic E-state index is 0.155. The standard InChI is InChI=1S/C15H25NO3/c1-4-15(12-17,16-2)10-5-11-19-14-8-6-13(18-3)7-9-14/h6-9,16-17H,4-5,10-12H2,1-3H3. The lowest BCUT2D eigenvalue weighted by molar-refractivity contribution is 0.145. The molecule has 0 spiro atoms. The number of rotatable bonds is 9. The molecule has 1 atom stereocenters. The van der Waals surface area contributed by atoms with Gasteiger partial charge in [0.1, 0.15) is 11.5 Å². The normalized spacial score (nSPS) is 13.9. The summed E-state index contributed by atoms with van der Waals surface area (Å²) in [5, 5.41) is 12.6. The number of aliphatic hydroxyl groups excluding tert-OH is 1. The third-order valence-electron chi connectivity index (χ3n) is 3.64. The van der Waals surface area contributed by atoms with Crippen LogP contribution in [0.15, 0.2) is 24.3 Å². The molecule has 4 heteroatoms. The Kier molecular flexibility index (Phi) is 6.67. The zero-order valence-electron chi connectivity index (χ0n) is 12.1. The molecule has 0 aliphatic heterocycles. The number of methoxy groups -OCH3 is 1. The summed E-state index contributed by atoms with van der Waals surface area (Å²) in [4.78, 5) is 0. The lowest BCUT2D eigenvalue weighted by Gasteiger charge is -2.30. The lowest BCUT2D eigenvalue weighted by Crippen LogP contribution is -2.46. The first-order valence-corrected chi connectivity index (χ1v) is 6.76. The SMILES string of the molecule is CCC(CO)(CCCOc1ccc(OC)cc1)NC. The number of hydrogen-bond acceptors (Lipinski definition) is 4. The zero-order chi connectivity index (χ0) is 14.1. The van der Waals surface area contributed by atoms with Gasteiger partial charge in [-0.05, 0) is 50.6 Å². The fourth-order valence-electron chi connectivity index (χ4n) is 2.02. The maximum absolute atomic E-state index is 9.43. The molecule has 0 saturated heterocycles. The van der Waals surface area contributed by atoms with Gasteiger partial charge in [0, 0.05) is 5.54 Å². The summed E-state index contributed by atoms with van der Waals surface area (Å²) in [5.74, 6) is 1.67. The molecular formula is C15H25NO3. The molecule has 108 valence electrons. The van der Waals surface area contributed by atoms with E-state index in [0.29, 0.717) is 6.61 Å². The second-order valence-electron chi connectivity index (χ2n) is 4.67. The molecule has 2 N–H and O–H groups in total. The van der Waals surface area contributed by atoms with Gasteiger partial charge in [-0.25, -0.2) is 0 Å². The van der Waals surface area contributed by atoms with Crippen molar-refractivity contribution in [2.45, 2.75) is 31.7 Å². The van der Waals surface area contributed by atoms with E-state index in [1.54, 1.807) is 7.11 Å². The van der Waals surface area contributed by atoms with Crippen LogP contribution in [0, 0.1) is 0 Å². The molecule has 0 radical (unpaired) electrons. The molecule has 1 aromatic carbocycles. The van der Waals surface area contributed by atoms with Crippen LogP contribution >= 0.6 is 0 Å². The fraction of sp³-hybridized carbons (Fsp3) is 0.600. The Hall–Kier alpha value is -1.26. The van der Waals surface area contributed by atoms with Crippen molar-refractivity contribution in [3.8, 4) is 11.5 Å². The monoisotopic (exact) mass is 267 g/mol. The third kappa shape index (κ3) is 4.73. The molecule has 1 unspecified atom stereocenters. The van der Waals surface area contributed by atoms with Gasteiger partial charge in [-0.3, -0.25) is 0 Å². The molecule has 19 heavy (non-hydrogen) atoms. The third-order valence-corrected chi connectivity index (χ3v) is 3.64. The van der Waals surface area contributed by atoms with E-state index in [1.165, 1.54) is 0 Å². The first kappa shape index (κ1) is 15.8. The summed E-state index contributed by atoms with van der Waals surface area (Å²) in [7, 11) is 3.54. The maximum Gasteiger partial charge on any atom is 0.119 e. The molecule has 1 rings (SSSR count). The van der Waals surface area contributed by atoms with Crippen LogP contribution in [0.4, 0.5) is 0 Å². The summed E-state index contributed by atoms with van der Waals surface area (Å²) < 4.78 is 10.8. The number of benzene rings is 1. The number of hydrogen-bond donors (Lipinski definition) is 2. The summed E-state index contributed by atoms with van der Waals surface area (Å²) in [6, 6.07) is 7.56. The summed E-state index contributed by atoms with van der Waals surface area (Å²) in [5.41, 5.74) is -0.177. The number of likely N-dealkylation sites (N-methyl/N-ethyl adjacent to an activating group) is 1. The molecule has 0 fully saturated rings. The van der Waals surface area contributed by atoms with Crippen molar-refractivity contribution < 1.29 is 14.6 Å². The van der Waals surface area contributed by atoms with Crippen molar-refractivity contribution in [3.63, 3.8) is 0 Å². The van der Waals surface area contributed by atoms with Gasteiger partial charge in [0.05, 0.1) is 20.3 Å². The van der Waals surface area contributed by atoms with Gasteiger partial charge in [-0.15, -0.1) is 0 Å². The van der Waals surface area contributed by atoms with Crippen LogP contribution in [0.2, 0.25) is 0 Å². The van der Waals surface area contributed by atoms with E-state index >= 15 is 0 Å². The molecule has 0 aliphatic rings. The van der Waals surface area contributed by atoms with E-state index in [4.69, 9.17) is 9.47 Å². The molecule has 0 aliphatic carbocycles. The van der Waals surface area contributed by atoms with E-state index in [2.05, 4.69) is 12.2 Å². The number of ether oxygens (including phenoxy) is 2. The summed E-state index contributed by atoms with van der Waals surface area (Å²) in [6.07, 6.45) is 2.70. The van der Waals surface area contributed by atoms with Gasteiger partial charge in [0.25, 0.3) is 0 Å². The Morgan fingerprint density at radius 2 is 1.84 bits per heavy atom. The highest BCUT2D eigenvalue weighted by molar-refractivity contribution is 5.31. The van der Waals surface area contributed by atoms with Crippen LogP contribution in [0.1, 0.15) is 26.2 Å². The highest BCUT2D eigenvalue weighted by atomic mass is 16.5. The smallest absolute Gasteiger partial charge is 0.119 e. The topological polar surface area (TPSA) is 50.7 Å². The maximum atomic E-state index is 9.43. The van der Waals surface area contributed by atoms with E-state index in [1.807, 2.05) is 31.3 Å². The van der Waals surface area contributed by atoms with E-state index in [9.17, 15) is 5.11 Å². The van der Waals surface area contributed by atoms with Gasteiger partial charge in [-0.1, -0.05) is 6.92 Å². The molecule has 1 aromatic rings. The largest absolute Gasteiger partial charge is 0.497 e. The quantitative estimate of drug-likeness (QED) is 0.674. The van der Waals surface area contributed by atoms with Gasteiger partial charge < -0.3 is 19.9 Å². The molecule has 0 amide bonds. The van der Waals surface area contributed by atoms with Gasteiger partial charge in [0.2, 0.25) is 0 Å². The zero-order valence-corrected chi connectivity index (χ0v) is 12.1. The highest BCUT2D eigenvalue weighted by Gasteiger charge is 2.24. The van der Waals surface area contributed by atoms with Crippen LogP contribution in [0.3, 0.4) is 0 Å². The first-order chi connectivity index (χ1) is 9.19. The van der Waals surface area contributed by atoms with Crippen molar-refractivity contribution in [1.29, 1.82) is 0 Å². The predicted octanol–water partition coefficient (Wildman–Crippen LogP) is 2.21. The Bertz CT molecular complexity index is 339. The lowest BCUT2D eigenvalue weighted by atomic mass is 9.92. The summed E-state index contributed by atoms with van der Waals surface area (Å²) in [6.45, 7) is 2.88. The van der Waals surface area contributed by atoms with Crippen molar-refractivity contribution in [2.75, 3.05) is 27.4 Å². The average molecular weight is 267 g/mol. The van der Waals surface area contributed by atoms with Crippen molar-refractivity contribution in [3.05, 3.63) is 24.3 Å². The molecule has 0 aromatic heterocycles.